The highest BCUT2D eigenvalue weighted by atomic mass is 16.4. The Balaban J connectivity index is 1.93. The second-order valence-electron chi connectivity index (χ2n) is 6.36. The zero-order chi connectivity index (χ0) is 14.5. The molecule has 2 fully saturated rings. The first kappa shape index (κ1) is 15.1. The summed E-state index contributed by atoms with van der Waals surface area (Å²) < 4.78 is 0. The van der Waals surface area contributed by atoms with Crippen LogP contribution in [0.1, 0.15) is 51.9 Å². The maximum absolute atomic E-state index is 12.3. The van der Waals surface area contributed by atoms with Gasteiger partial charge in [-0.25, -0.2) is 9.59 Å². The third-order valence-electron chi connectivity index (χ3n) is 4.61. The summed E-state index contributed by atoms with van der Waals surface area (Å²) in [5, 5.41) is 12.2. The van der Waals surface area contributed by atoms with Gasteiger partial charge in [-0.1, -0.05) is 26.2 Å². The lowest BCUT2D eigenvalue weighted by Gasteiger charge is -2.34. The lowest BCUT2D eigenvalue weighted by molar-refractivity contribution is -0.141. The fourth-order valence-corrected chi connectivity index (χ4v) is 3.45. The average Bonchev–Trinajstić information content (AvgIpc) is 2.45. The number of carboxylic acids is 1. The van der Waals surface area contributed by atoms with E-state index in [1.165, 1.54) is 6.42 Å². The number of aliphatic carboxylic acids is 1. The van der Waals surface area contributed by atoms with E-state index < -0.39 is 12.0 Å². The number of amides is 2. The van der Waals surface area contributed by atoms with Gasteiger partial charge in [0.05, 0.1) is 0 Å². The first-order chi connectivity index (χ1) is 9.58. The van der Waals surface area contributed by atoms with Gasteiger partial charge < -0.3 is 15.3 Å². The number of carboxylic acid groups (broad SMARTS) is 1. The quantitative estimate of drug-likeness (QED) is 0.835. The first-order valence-corrected chi connectivity index (χ1v) is 7.86. The van der Waals surface area contributed by atoms with Crippen molar-refractivity contribution in [2.45, 2.75) is 57.9 Å². The molecule has 2 unspecified atom stereocenters. The fraction of sp³-hybridized carbons (Fsp3) is 0.867. The molecule has 2 aliphatic rings. The highest BCUT2D eigenvalue weighted by Gasteiger charge is 2.32. The van der Waals surface area contributed by atoms with Gasteiger partial charge in [0, 0.05) is 13.1 Å². The van der Waals surface area contributed by atoms with Gasteiger partial charge >= 0.3 is 12.0 Å². The summed E-state index contributed by atoms with van der Waals surface area (Å²) in [7, 11) is 0. The molecule has 2 N–H and O–H groups in total. The Bertz CT molecular complexity index is 353. The molecule has 1 aliphatic carbocycles. The van der Waals surface area contributed by atoms with Crippen molar-refractivity contribution >= 4 is 12.0 Å². The van der Waals surface area contributed by atoms with E-state index in [9.17, 15) is 14.7 Å². The van der Waals surface area contributed by atoms with Gasteiger partial charge in [-0.2, -0.15) is 0 Å². The predicted molar refractivity (Wildman–Crippen MR) is 76.5 cm³/mol. The number of carbonyl (C=O) groups is 2. The minimum atomic E-state index is -0.893. The van der Waals surface area contributed by atoms with Crippen LogP contribution in [0.3, 0.4) is 0 Å². The number of urea groups is 1. The van der Waals surface area contributed by atoms with Crippen molar-refractivity contribution in [3.05, 3.63) is 0 Å². The lowest BCUT2D eigenvalue weighted by Crippen LogP contribution is -2.53. The summed E-state index contributed by atoms with van der Waals surface area (Å²) in [6, 6.07) is -0.922. The summed E-state index contributed by atoms with van der Waals surface area (Å²) in [6.07, 6.45) is 7.31. The molecule has 0 aromatic rings. The molecule has 1 saturated carbocycles. The van der Waals surface area contributed by atoms with E-state index in [-0.39, 0.29) is 11.9 Å². The van der Waals surface area contributed by atoms with Gasteiger partial charge in [-0.05, 0) is 37.5 Å². The van der Waals surface area contributed by atoms with Crippen molar-refractivity contribution in [2.75, 3.05) is 13.1 Å². The molecule has 114 valence electrons. The van der Waals surface area contributed by atoms with E-state index in [4.69, 9.17) is 0 Å². The van der Waals surface area contributed by atoms with Crippen LogP contribution in [0.2, 0.25) is 0 Å². The molecular formula is C15H26N2O3. The van der Waals surface area contributed by atoms with Gasteiger partial charge in [0.2, 0.25) is 0 Å². The van der Waals surface area contributed by atoms with Gasteiger partial charge in [0.1, 0.15) is 6.04 Å². The normalized spacial score (nSPS) is 26.1. The monoisotopic (exact) mass is 282 g/mol. The topological polar surface area (TPSA) is 69.6 Å². The third-order valence-corrected chi connectivity index (χ3v) is 4.61. The predicted octanol–water partition coefficient (Wildman–Crippen LogP) is 2.46. The highest BCUT2D eigenvalue weighted by molar-refractivity contribution is 5.82. The molecular weight excluding hydrogens is 256 g/mol. The van der Waals surface area contributed by atoms with Crippen LogP contribution in [0.15, 0.2) is 0 Å². The van der Waals surface area contributed by atoms with Crippen LogP contribution in [0, 0.1) is 11.8 Å². The summed E-state index contributed by atoms with van der Waals surface area (Å²) in [6.45, 7) is 3.62. The number of rotatable bonds is 3. The van der Waals surface area contributed by atoms with Gasteiger partial charge in [0.25, 0.3) is 0 Å². The Morgan fingerprint density at radius 2 is 1.85 bits per heavy atom. The second kappa shape index (κ2) is 6.95. The number of likely N-dealkylation sites (tertiary alicyclic amines) is 1. The lowest BCUT2D eigenvalue weighted by atomic mass is 9.84. The van der Waals surface area contributed by atoms with Crippen LogP contribution in [-0.4, -0.2) is 41.1 Å². The Hall–Kier alpha value is -1.26. The van der Waals surface area contributed by atoms with Crippen LogP contribution >= 0.6 is 0 Å². The molecule has 20 heavy (non-hydrogen) atoms. The van der Waals surface area contributed by atoms with E-state index in [0.717, 1.165) is 51.6 Å². The zero-order valence-corrected chi connectivity index (χ0v) is 12.3. The molecule has 5 heteroatoms. The summed E-state index contributed by atoms with van der Waals surface area (Å²) >= 11 is 0. The number of nitrogens with one attached hydrogen (secondary N) is 1. The molecule has 0 radical (unpaired) electrons. The van der Waals surface area contributed by atoms with E-state index in [2.05, 4.69) is 12.2 Å². The van der Waals surface area contributed by atoms with Crippen molar-refractivity contribution < 1.29 is 14.7 Å². The summed E-state index contributed by atoms with van der Waals surface area (Å²) in [5.41, 5.74) is 0. The second-order valence-corrected chi connectivity index (χ2v) is 6.36. The number of carbonyl (C=O) groups excluding carboxylic acids is 1. The van der Waals surface area contributed by atoms with Crippen molar-refractivity contribution in [2.24, 2.45) is 11.8 Å². The molecule has 1 saturated heterocycles. The van der Waals surface area contributed by atoms with E-state index in [0.29, 0.717) is 5.92 Å². The van der Waals surface area contributed by atoms with Crippen molar-refractivity contribution in [3.8, 4) is 0 Å². The van der Waals surface area contributed by atoms with Crippen LogP contribution in [-0.2, 0) is 4.79 Å². The minimum absolute atomic E-state index is 0.0902. The van der Waals surface area contributed by atoms with Crippen LogP contribution < -0.4 is 5.32 Å². The van der Waals surface area contributed by atoms with Crippen molar-refractivity contribution in [1.29, 1.82) is 0 Å². The average molecular weight is 282 g/mol. The van der Waals surface area contributed by atoms with Gasteiger partial charge in [-0.15, -0.1) is 0 Å². The van der Waals surface area contributed by atoms with Crippen molar-refractivity contribution in [1.82, 2.24) is 10.2 Å². The zero-order valence-electron chi connectivity index (χ0n) is 12.3. The maximum atomic E-state index is 12.3. The third kappa shape index (κ3) is 3.87. The van der Waals surface area contributed by atoms with Crippen molar-refractivity contribution in [3.63, 3.8) is 0 Å². The van der Waals surface area contributed by atoms with Crippen LogP contribution in [0.4, 0.5) is 4.79 Å². The smallest absolute Gasteiger partial charge is 0.326 e. The van der Waals surface area contributed by atoms with Crippen LogP contribution in [0.5, 0.6) is 0 Å². The molecule has 1 heterocycles. The largest absolute Gasteiger partial charge is 0.480 e. The molecule has 2 amide bonds. The van der Waals surface area contributed by atoms with E-state index in [1.807, 2.05) is 0 Å². The fourth-order valence-electron chi connectivity index (χ4n) is 3.45. The molecule has 0 spiro atoms. The Kier molecular flexibility index (Phi) is 5.26. The molecule has 0 bridgehead atoms. The maximum Gasteiger partial charge on any atom is 0.326 e. The standard InChI is InChI=1S/C15H26N2O3/c1-11-6-5-9-17(10-11)15(20)16-13(14(18)19)12-7-3-2-4-8-12/h11-13H,2-10H2,1H3,(H,16,20)(H,18,19). The first-order valence-electron chi connectivity index (χ1n) is 7.86. The molecule has 0 aromatic heterocycles. The number of hydrogen-bond donors (Lipinski definition) is 2. The highest BCUT2D eigenvalue weighted by Crippen LogP contribution is 2.27. The minimum Gasteiger partial charge on any atom is -0.480 e. The summed E-state index contributed by atoms with van der Waals surface area (Å²) in [4.78, 5) is 25.5. The van der Waals surface area contributed by atoms with Gasteiger partial charge in [-0.3, -0.25) is 0 Å². The Morgan fingerprint density at radius 1 is 1.15 bits per heavy atom. The molecule has 1 aliphatic heterocycles. The van der Waals surface area contributed by atoms with Crippen LogP contribution in [0.25, 0.3) is 0 Å². The summed E-state index contributed by atoms with van der Waals surface area (Å²) in [5.74, 6) is -0.296. The number of hydrogen-bond acceptors (Lipinski definition) is 2. The molecule has 0 aromatic carbocycles. The molecule has 2 rings (SSSR count). The Labute approximate surface area is 120 Å². The van der Waals surface area contributed by atoms with Gasteiger partial charge in [0.15, 0.2) is 0 Å². The van der Waals surface area contributed by atoms with E-state index >= 15 is 0 Å². The molecule has 5 nitrogen and oxygen atoms in total. The molecule has 2 atom stereocenters. The Morgan fingerprint density at radius 3 is 2.45 bits per heavy atom. The SMILES string of the molecule is CC1CCCN(C(=O)NC(C(=O)O)C2CCCCC2)C1. The number of piperidine rings is 1. The number of nitrogens with zero attached hydrogens (tertiary/aromatic N) is 1. The van der Waals surface area contributed by atoms with E-state index in [1.54, 1.807) is 4.90 Å².